The van der Waals surface area contributed by atoms with Crippen molar-refractivity contribution in [1.82, 2.24) is 15.6 Å². The zero-order valence-corrected chi connectivity index (χ0v) is 16.5. The van der Waals surface area contributed by atoms with Gasteiger partial charge in [0.2, 0.25) is 5.91 Å². The predicted molar refractivity (Wildman–Crippen MR) is 105 cm³/mol. The van der Waals surface area contributed by atoms with E-state index >= 15 is 0 Å². The predicted octanol–water partition coefficient (Wildman–Crippen LogP) is -0.234. The van der Waals surface area contributed by atoms with Crippen molar-refractivity contribution < 1.29 is 32.5 Å². The van der Waals surface area contributed by atoms with Crippen molar-refractivity contribution in [1.29, 1.82) is 0 Å². The quantitative estimate of drug-likeness (QED) is 0.368. The van der Waals surface area contributed by atoms with E-state index in [0.29, 0.717) is 13.0 Å². The molecule has 0 aliphatic carbocycles. The lowest BCUT2D eigenvalue weighted by molar-refractivity contribution is -0.418. The van der Waals surface area contributed by atoms with Gasteiger partial charge in [-0.05, 0) is 30.7 Å². The number of pyridine rings is 1. The Labute approximate surface area is 175 Å². The Balaban J connectivity index is 1.78. The number of nitrogens with zero attached hydrogens (tertiary/aromatic N) is 1. The van der Waals surface area contributed by atoms with E-state index in [1.807, 2.05) is 0 Å². The number of hydrogen-bond donors (Lipinski definition) is 4. The molecule has 0 radical (unpaired) electrons. The Morgan fingerprint density at radius 1 is 1.39 bits per heavy atom. The van der Waals surface area contributed by atoms with Gasteiger partial charge in [0.1, 0.15) is 25.4 Å². The molecule has 2 heterocycles. The molecule has 0 spiro atoms. The van der Waals surface area contributed by atoms with Crippen LogP contribution in [-0.2, 0) is 22.4 Å². The summed E-state index contributed by atoms with van der Waals surface area (Å²) in [5, 5.41) is 5.25. The highest BCUT2D eigenvalue weighted by molar-refractivity contribution is 6.44. The molecule has 1 aromatic heterocycles. The van der Waals surface area contributed by atoms with Crippen LogP contribution in [0.25, 0.3) is 0 Å². The number of hydrogen-bond acceptors (Lipinski definition) is 5. The van der Waals surface area contributed by atoms with Crippen LogP contribution in [0.5, 0.6) is 5.75 Å². The minimum absolute atomic E-state index is 0.0972. The molecule has 2 amide bonds. The number of nitrogens with two attached hydrogens (primary N) is 1. The summed E-state index contributed by atoms with van der Waals surface area (Å²) in [6.45, 7) is 0.0910. The maximum Gasteiger partial charge on any atom is 0.433 e. The minimum Gasteiger partial charge on any atom is -0.489 e. The summed E-state index contributed by atoms with van der Waals surface area (Å²) in [5.74, 6) is -0.605. The molecule has 31 heavy (non-hydrogen) atoms. The number of nitrogen functional groups attached to an aromatic ring is 1. The molecule has 5 N–H and O–H groups in total. The third kappa shape index (κ3) is 5.11. The van der Waals surface area contributed by atoms with Crippen molar-refractivity contribution in [3.63, 3.8) is 0 Å². The van der Waals surface area contributed by atoms with E-state index in [1.165, 1.54) is 37.4 Å². The first-order chi connectivity index (χ1) is 14.7. The topological polar surface area (TPSA) is 120 Å². The maximum atomic E-state index is 13.1. The van der Waals surface area contributed by atoms with Gasteiger partial charge in [-0.15, -0.1) is 0 Å². The van der Waals surface area contributed by atoms with Gasteiger partial charge in [-0.1, -0.05) is 6.07 Å². The van der Waals surface area contributed by atoms with Crippen molar-refractivity contribution in [2.24, 2.45) is 0 Å². The highest BCUT2D eigenvalue weighted by Crippen LogP contribution is 2.30. The van der Waals surface area contributed by atoms with E-state index < -0.39 is 23.8 Å². The number of halogens is 3. The van der Waals surface area contributed by atoms with E-state index in [9.17, 15) is 22.8 Å². The molecule has 1 aromatic carbocycles. The van der Waals surface area contributed by atoms with Gasteiger partial charge in [-0.25, -0.2) is 4.99 Å². The highest BCUT2D eigenvalue weighted by atomic mass is 19.4. The number of ether oxygens (including phenoxy) is 1. The standard InChI is InChI=1S/C20H20F3N5O3/c1-25-16(19(30)28-15-6-8-27-18(15)29)13-9-12(4-5-14(13)24)31-10-11-3-2-7-26-17(11)20(21,22)23/h2-5,7,9,15H,6,8,10,24H2,1H3,(H,27,29)(H,28,30)/p+1. The summed E-state index contributed by atoms with van der Waals surface area (Å²) < 4.78 is 44.8. The third-order valence-electron chi connectivity index (χ3n) is 4.68. The Kier molecular flexibility index (Phi) is 6.42. The van der Waals surface area contributed by atoms with Crippen LogP contribution < -0.4 is 26.1 Å². The second-order valence-corrected chi connectivity index (χ2v) is 6.78. The Morgan fingerprint density at radius 2 is 2.16 bits per heavy atom. The van der Waals surface area contributed by atoms with Crippen LogP contribution in [0.2, 0.25) is 0 Å². The first-order valence-electron chi connectivity index (χ1n) is 9.37. The molecule has 2 aromatic rings. The van der Waals surface area contributed by atoms with E-state index in [1.54, 1.807) is 0 Å². The molecule has 1 aliphatic heterocycles. The van der Waals surface area contributed by atoms with Crippen molar-refractivity contribution in [3.05, 3.63) is 53.3 Å². The lowest BCUT2D eigenvalue weighted by Gasteiger charge is -2.14. The summed E-state index contributed by atoms with van der Waals surface area (Å²) in [6.07, 6.45) is -3.08. The summed E-state index contributed by atoms with van der Waals surface area (Å²) in [5.41, 5.74) is 5.48. The summed E-state index contributed by atoms with van der Waals surface area (Å²) in [4.78, 5) is 30.5. The van der Waals surface area contributed by atoms with E-state index in [0.717, 1.165) is 6.20 Å². The lowest BCUT2D eigenvalue weighted by atomic mass is 10.1. The van der Waals surface area contributed by atoms with Gasteiger partial charge in [0, 0.05) is 24.0 Å². The van der Waals surface area contributed by atoms with E-state index in [-0.39, 0.29) is 40.8 Å². The van der Waals surface area contributed by atoms with Crippen molar-refractivity contribution in [2.45, 2.75) is 25.2 Å². The van der Waals surface area contributed by atoms with Crippen LogP contribution in [0.1, 0.15) is 23.2 Å². The normalized spacial score (nSPS) is 16.7. The molecule has 0 bridgehead atoms. The van der Waals surface area contributed by atoms with E-state index in [4.69, 9.17) is 10.5 Å². The molecule has 1 fully saturated rings. The van der Waals surface area contributed by atoms with Gasteiger partial charge in [0.15, 0.2) is 5.69 Å². The van der Waals surface area contributed by atoms with Crippen molar-refractivity contribution >= 4 is 23.2 Å². The summed E-state index contributed by atoms with van der Waals surface area (Å²) >= 11 is 0. The monoisotopic (exact) mass is 436 g/mol. The summed E-state index contributed by atoms with van der Waals surface area (Å²) in [7, 11) is 1.52. The molecule has 0 saturated carbocycles. The van der Waals surface area contributed by atoms with Gasteiger partial charge in [0.25, 0.3) is 5.71 Å². The zero-order valence-electron chi connectivity index (χ0n) is 16.5. The Morgan fingerprint density at radius 3 is 2.81 bits per heavy atom. The Hall–Kier alpha value is -3.63. The SMILES string of the molecule is C[NH+]=C(C(=O)NC1CCNC1=O)c1cc(OCc2cccnc2C(F)(F)F)ccc1N. The number of aromatic nitrogens is 1. The molecule has 1 saturated heterocycles. The smallest absolute Gasteiger partial charge is 0.433 e. The molecule has 1 aliphatic rings. The minimum atomic E-state index is -4.61. The number of carbonyl (C=O) groups is 2. The number of amides is 2. The van der Waals surface area contributed by atoms with Crippen LogP contribution >= 0.6 is 0 Å². The number of anilines is 1. The van der Waals surface area contributed by atoms with Crippen LogP contribution in [0.4, 0.5) is 18.9 Å². The third-order valence-corrected chi connectivity index (χ3v) is 4.68. The lowest BCUT2D eigenvalue weighted by Crippen LogP contribution is -2.72. The number of carbonyl (C=O) groups excluding carboxylic acids is 2. The molecule has 1 unspecified atom stereocenters. The fourth-order valence-corrected chi connectivity index (χ4v) is 3.15. The molecule has 164 valence electrons. The average molecular weight is 436 g/mol. The number of nitrogens with one attached hydrogen (secondary N) is 3. The van der Waals surface area contributed by atoms with Gasteiger partial charge >= 0.3 is 12.1 Å². The van der Waals surface area contributed by atoms with Gasteiger partial charge in [-0.2, -0.15) is 13.2 Å². The van der Waals surface area contributed by atoms with Crippen LogP contribution in [0, 0.1) is 0 Å². The molecular formula is C20H21F3N5O3+. The average Bonchev–Trinajstić information content (AvgIpc) is 3.12. The zero-order chi connectivity index (χ0) is 22.6. The first kappa shape index (κ1) is 22.1. The number of rotatable bonds is 6. The van der Waals surface area contributed by atoms with Gasteiger partial charge in [-0.3, -0.25) is 14.6 Å². The van der Waals surface area contributed by atoms with Crippen molar-refractivity contribution in [3.8, 4) is 5.75 Å². The maximum absolute atomic E-state index is 13.1. The van der Waals surface area contributed by atoms with Gasteiger partial charge < -0.3 is 21.1 Å². The number of alkyl halides is 3. The molecular weight excluding hydrogens is 415 g/mol. The highest BCUT2D eigenvalue weighted by Gasteiger charge is 2.35. The van der Waals surface area contributed by atoms with Gasteiger partial charge in [0.05, 0.1) is 5.56 Å². The molecule has 8 nitrogen and oxygen atoms in total. The molecule has 1 atom stereocenters. The van der Waals surface area contributed by atoms with Crippen molar-refractivity contribution in [2.75, 3.05) is 19.3 Å². The largest absolute Gasteiger partial charge is 0.489 e. The number of benzene rings is 1. The Bertz CT molecular complexity index is 1020. The molecule has 11 heteroatoms. The van der Waals surface area contributed by atoms with Crippen LogP contribution in [-0.4, -0.2) is 42.1 Å². The fourth-order valence-electron chi connectivity index (χ4n) is 3.15. The first-order valence-corrected chi connectivity index (χ1v) is 9.37. The molecule has 3 rings (SSSR count). The summed E-state index contributed by atoms with van der Waals surface area (Å²) in [6, 6.07) is 6.42. The fraction of sp³-hybridized carbons (Fsp3) is 0.300. The van der Waals surface area contributed by atoms with E-state index in [2.05, 4.69) is 20.6 Å². The second kappa shape index (κ2) is 9.02. The van der Waals surface area contributed by atoms with Crippen LogP contribution in [0.3, 0.4) is 0 Å². The second-order valence-electron chi connectivity index (χ2n) is 6.78. The van der Waals surface area contributed by atoms with Crippen LogP contribution in [0.15, 0.2) is 36.5 Å².